The molecular weight excluding hydrogens is 129 g/mol. The minimum Gasteiger partial charge on any atom is -0.197 e. The summed E-state index contributed by atoms with van der Waals surface area (Å²) in [5.74, 6) is 4.13. The third-order valence-corrected chi connectivity index (χ3v) is 1.06. The quantitative estimate of drug-likeness (QED) is 0.461. The molecule has 1 nitrogen and oxygen atoms in total. The van der Waals surface area contributed by atoms with Crippen molar-refractivity contribution in [3.8, 4) is 17.9 Å². The van der Waals surface area contributed by atoms with Crippen molar-refractivity contribution in [2.45, 2.75) is 6.42 Å². The molecular formula is C8H4FN. The van der Waals surface area contributed by atoms with Crippen molar-refractivity contribution in [3.63, 3.8) is 0 Å². The van der Waals surface area contributed by atoms with Crippen LogP contribution in [0.25, 0.3) is 0 Å². The summed E-state index contributed by atoms with van der Waals surface area (Å²) in [6.45, 7) is 0. The second kappa shape index (κ2) is 2.85. The lowest BCUT2D eigenvalue weighted by atomic mass is 10.2. The summed E-state index contributed by atoms with van der Waals surface area (Å²) in [6.07, 6.45) is 3.38. The zero-order chi connectivity index (χ0) is 7.40. The first-order valence-corrected chi connectivity index (χ1v) is 2.81. The molecule has 1 aliphatic rings. The first-order valence-electron chi connectivity index (χ1n) is 2.81. The highest BCUT2D eigenvalue weighted by Crippen LogP contribution is 2.04. The largest absolute Gasteiger partial charge is 0.197 e. The van der Waals surface area contributed by atoms with E-state index in [0.717, 1.165) is 0 Å². The maximum Gasteiger partial charge on any atom is 0.169 e. The molecule has 0 saturated heterocycles. The molecule has 0 N–H and O–H groups in total. The monoisotopic (exact) mass is 133 g/mol. The highest BCUT2D eigenvalue weighted by molar-refractivity contribution is 5.45. The van der Waals surface area contributed by atoms with Gasteiger partial charge in [0.25, 0.3) is 0 Å². The lowest BCUT2D eigenvalue weighted by molar-refractivity contribution is 0.672. The number of halogens is 1. The summed E-state index contributed by atoms with van der Waals surface area (Å²) >= 11 is 0. The number of allylic oxidation sites excluding steroid dienone is 4. The molecule has 1 aliphatic carbocycles. The van der Waals surface area contributed by atoms with Crippen molar-refractivity contribution in [1.29, 1.82) is 5.26 Å². The summed E-state index contributed by atoms with van der Waals surface area (Å²) in [6, 6.07) is 1.85. The van der Waals surface area contributed by atoms with E-state index in [4.69, 9.17) is 5.26 Å². The van der Waals surface area contributed by atoms with Gasteiger partial charge in [0.05, 0.1) is 5.57 Å². The Morgan fingerprint density at radius 2 is 2.30 bits per heavy atom. The van der Waals surface area contributed by atoms with Crippen LogP contribution in [-0.2, 0) is 0 Å². The van der Waals surface area contributed by atoms with Gasteiger partial charge in [-0.2, -0.15) is 9.65 Å². The Balaban J connectivity index is 2.90. The average Bonchev–Trinajstić information content (AvgIpc) is 2.14. The van der Waals surface area contributed by atoms with Crippen molar-refractivity contribution in [1.82, 2.24) is 0 Å². The molecule has 0 atom stereocenters. The van der Waals surface area contributed by atoms with Gasteiger partial charge in [-0.1, -0.05) is 6.08 Å². The topological polar surface area (TPSA) is 23.8 Å². The van der Waals surface area contributed by atoms with Crippen LogP contribution in [0.2, 0.25) is 0 Å². The second-order valence-corrected chi connectivity index (χ2v) is 1.77. The molecule has 0 aromatic heterocycles. The van der Waals surface area contributed by atoms with Crippen LogP contribution >= 0.6 is 0 Å². The van der Waals surface area contributed by atoms with Crippen molar-refractivity contribution in [2.24, 2.45) is 0 Å². The van der Waals surface area contributed by atoms with Gasteiger partial charge in [-0.05, 0) is 24.3 Å². The van der Waals surface area contributed by atoms with Gasteiger partial charge < -0.3 is 0 Å². The third kappa shape index (κ3) is 1.47. The minimum absolute atomic E-state index is 0.337. The van der Waals surface area contributed by atoms with E-state index in [0.29, 0.717) is 12.0 Å². The van der Waals surface area contributed by atoms with E-state index < -0.39 is 5.83 Å². The first kappa shape index (κ1) is 6.58. The van der Waals surface area contributed by atoms with Gasteiger partial charge in [-0.15, -0.1) is 0 Å². The molecule has 0 unspecified atom stereocenters. The van der Waals surface area contributed by atoms with Crippen LogP contribution < -0.4 is 0 Å². The molecule has 0 radical (unpaired) electrons. The molecule has 0 fully saturated rings. The van der Waals surface area contributed by atoms with Crippen molar-refractivity contribution in [2.75, 3.05) is 0 Å². The van der Waals surface area contributed by atoms with E-state index in [1.54, 1.807) is 6.08 Å². The van der Waals surface area contributed by atoms with Crippen molar-refractivity contribution >= 4 is 0 Å². The molecule has 10 heavy (non-hydrogen) atoms. The highest BCUT2D eigenvalue weighted by Gasteiger charge is 1.93. The van der Waals surface area contributed by atoms with E-state index >= 15 is 0 Å². The predicted molar refractivity (Wildman–Crippen MR) is 35.3 cm³/mol. The molecule has 0 amide bonds. The van der Waals surface area contributed by atoms with Gasteiger partial charge in [-0.3, -0.25) is 0 Å². The lowest BCUT2D eigenvalue weighted by Gasteiger charge is -1.77. The Bertz CT molecular complexity index is 293. The Morgan fingerprint density at radius 1 is 1.50 bits per heavy atom. The molecule has 0 saturated carbocycles. The summed E-state index contributed by atoms with van der Waals surface area (Å²) in [7, 11) is 0. The Morgan fingerprint density at radius 3 is 3.00 bits per heavy atom. The standard InChI is InChI=1S/C8H4FN/c9-8-3-1-2-7(6-10)4-5-8/h2-3H,1H2. The molecule has 0 aliphatic heterocycles. The first-order chi connectivity index (χ1) is 4.83. The Hall–Kier alpha value is -1.54. The molecule has 0 bridgehead atoms. The molecule has 0 aromatic carbocycles. The normalized spacial score (nSPS) is 15.2. The number of rotatable bonds is 0. The Kier molecular flexibility index (Phi) is 1.87. The molecule has 0 heterocycles. The van der Waals surface area contributed by atoms with Crippen molar-refractivity contribution in [3.05, 3.63) is 23.6 Å². The zero-order valence-corrected chi connectivity index (χ0v) is 5.19. The fourth-order valence-electron chi connectivity index (χ4n) is 0.583. The van der Waals surface area contributed by atoms with Gasteiger partial charge in [0.15, 0.2) is 5.83 Å². The van der Waals surface area contributed by atoms with Crippen LogP contribution in [0.4, 0.5) is 4.39 Å². The number of nitrogens with zero attached hydrogens (tertiary/aromatic N) is 1. The fourth-order valence-corrected chi connectivity index (χ4v) is 0.583. The molecule has 1 rings (SSSR count). The highest BCUT2D eigenvalue weighted by atomic mass is 19.1. The molecule has 2 heteroatoms. The van der Waals surface area contributed by atoms with Gasteiger partial charge in [0.1, 0.15) is 6.07 Å². The zero-order valence-electron chi connectivity index (χ0n) is 5.19. The van der Waals surface area contributed by atoms with E-state index in [-0.39, 0.29) is 0 Å². The molecule has 0 aromatic rings. The maximum atomic E-state index is 12.3. The summed E-state index contributed by atoms with van der Waals surface area (Å²) in [5.41, 5.74) is 0.337. The maximum absolute atomic E-state index is 12.3. The van der Waals surface area contributed by atoms with Gasteiger partial charge in [0.2, 0.25) is 0 Å². The number of nitriles is 1. The molecule has 0 spiro atoms. The van der Waals surface area contributed by atoms with Crippen LogP contribution in [-0.4, -0.2) is 0 Å². The second-order valence-electron chi connectivity index (χ2n) is 1.77. The number of hydrogen-bond donors (Lipinski definition) is 0. The van der Waals surface area contributed by atoms with Crippen LogP contribution in [0.5, 0.6) is 0 Å². The predicted octanol–water partition coefficient (Wildman–Crippen LogP) is 1.70. The third-order valence-electron chi connectivity index (χ3n) is 1.06. The van der Waals surface area contributed by atoms with Crippen LogP contribution in [0, 0.1) is 23.2 Å². The van der Waals surface area contributed by atoms with E-state index in [1.807, 2.05) is 6.07 Å². The lowest BCUT2D eigenvalue weighted by Crippen LogP contribution is -1.68. The smallest absolute Gasteiger partial charge is 0.169 e. The van der Waals surface area contributed by atoms with Crippen LogP contribution in [0.1, 0.15) is 6.42 Å². The average molecular weight is 133 g/mol. The van der Waals surface area contributed by atoms with E-state index in [2.05, 4.69) is 11.8 Å². The van der Waals surface area contributed by atoms with Crippen LogP contribution in [0.3, 0.4) is 0 Å². The van der Waals surface area contributed by atoms with Gasteiger partial charge in [-0.25, -0.2) is 0 Å². The van der Waals surface area contributed by atoms with E-state index in [9.17, 15) is 4.39 Å². The number of hydrogen-bond acceptors (Lipinski definition) is 1. The fraction of sp³-hybridized carbons (Fsp3) is 0.125. The summed E-state index contributed by atoms with van der Waals surface area (Å²) in [4.78, 5) is 0. The van der Waals surface area contributed by atoms with Gasteiger partial charge in [0, 0.05) is 0 Å². The SMILES string of the molecule is N#CC1=CCC=C(F)C#C1. The minimum atomic E-state index is -0.457. The van der Waals surface area contributed by atoms with Crippen LogP contribution in [0.15, 0.2) is 23.6 Å². The van der Waals surface area contributed by atoms with Gasteiger partial charge >= 0.3 is 0 Å². The summed E-state index contributed by atoms with van der Waals surface area (Å²) < 4.78 is 12.3. The van der Waals surface area contributed by atoms with E-state index in [1.165, 1.54) is 6.08 Å². The molecule has 48 valence electrons. The van der Waals surface area contributed by atoms with Crippen molar-refractivity contribution < 1.29 is 4.39 Å². The summed E-state index contributed by atoms with van der Waals surface area (Å²) in [5, 5.41) is 8.34. The Labute approximate surface area is 58.5 Å².